The van der Waals surface area contributed by atoms with Crippen LogP contribution in [-0.4, -0.2) is 16.1 Å². The monoisotopic (exact) mass is 305 g/mol. The molecule has 5 heteroatoms. The molecule has 0 aliphatic heterocycles. The number of benzene rings is 1. The van der Waals surface area contributed by atoms with Crippen LogP contribution >= 0.6 is 11.3 Å². The Morgan fingerprint density at radius 2 is 2.10 bits per heavy atom. The van der Waals surface area contributed by atoms with Crippen LogP contribution in [0.2, 0.25) is 0 Å². The number of rotatable bonds is 4. The Kier molecular flexibility index (Phi) is 4.32. The van der Waals surface area contributed by atoms with Gasteiger partial charge in [-0.3, -0.25) is 0 Å². The van der Waals surface area contributed by atoms with Crippen molar-refractivity contribution in [3.05, 3.63) is 45.4 Å². The zero-order valence-electron chi connectivity index (χ0n) is 12.6. The maximum atomic E-state index is 10.8. The molecule has 1 heterocycles. The van der Waals surface area contributed by atoms with E-state index >= 15 is 0 Å². The molecule has 0 aliphatic carbocycles. The van der Waals surface area contributed by atoms with Gasteiger partial charge in [-0.25, -0.2) is 9.78 Å². The molecule has 0 saturated carbocycles. The quantitative estimate of drug-likeness (QED) is 0.926. The molecule has 0 unspecified atom stereocenters. The molecule has 0 bridgehead atoms. The van der Waals surface area contributed by atoms with Gasteiger partial charge in [-0.2, -0.15) is 0 Å². The first-order valence-electron chi connectivity index (χ1n) is 6.69. The predicted octanol–water partition coefficient (Wildman–Crippen LogP) is 4.03. The van der Waals surface area contributed by atoms with E-state index in [1.54, 1.807) is 5.38 Å². The highest BCUT2D eigenvalue weighted by molar-refractivity contribution is 7.11. The summed E-state index contributed by atoms with van der Waals surface area (Å²) < 4.78 is 5.73. The normalized spacial score (nSPS) is 11.4. The standard InChI is InChI=1S/C16H19NO3S/c1-10-7-11(16(2,3)4)5-6-13(10)20-8-12-9-21-14(17-12)15(18)19/h5-7,9H,8H2,1-4H3,(H,18,19). The Labute approximate surface area is 128 Å². The Bertz CT molecular complexity index is 656. The average Bonchev–Trinajstić information content (AvgIpc) is 2.85. The van der Waals surface area contributed by atoms with Gasteiger partial charge in [-0.05, 0) is 29.5 Å². The molecule has 1 N–H and O–H groups in total. The lowest BCUT2D eigenvalue weighted by Gasteiger charge is -2.20. The van der Waals surface area contributed by atoms with Crippen LogP contribution in [0.1, 0.15) is 47.4 Å². The van der Waals surface area contributed by atoms with Crippen LogP contribution in [0.15, 0.2) is 23.6 Å². The molecule has 2 aromatic rings. The number of carboxylic acid groups (broad SMARTS) is 1. The van der Waals surface area contributed by atoms with Gasteiger partial charge in [-0.15, -0.1) is 11.3 Å². The lowest BCUT2D eigenvalue weighted by atomic mass is 9.86. The number of thiazole rings is 1. The fourth-order valence-corrected chi connectivity index (χ4v) is 2.54. The van der Waals surface area contributed by atoms with Crippen LogP contribution in [-0.2, 0) is 12.0 Å². The second kappa shape index (κ2) is 5.85. The van der Waals surface area contributed by atoms with E-state index in [2.05, 4.69) is 37.9 Å². The average molecular weight is 305 g/mol. The summed E-state index contributed by atoms with van der Waals surface area (Å²) in [6, 6.07) is 6.14. The molecule has 0 radical (unpaired) electrons. The van der Waals surface area contributed by atoms with Crippen LogP contribution in [0.25, 0.3) is 0 Å². The molecule has 21 heavy (non-hydrogen) atoms. The van der Waals surface area contributed by atoms with Crippen molar-refractivity contribution in [1.29, 1.82) is 0 Å². The van der Waals surface area contributed by atoms with Crippen molar-refractivity contribution >= 4 is 17.3 Å². The molecule has 1 aromatic carbocycles. The van der Waals surface area contributed by atoms with Crippen LogP contribution in [0.3, 0.4) is 0 Å². The van der Waals surface area contributed by atoms with Crippen molar-refractivity contribution in [3.63, 3.8) is 0 Å². The van der Waals surface area contributed by atoms with E-state index in [-0.39, 0.29) is 17.0 Å². The molecule has 0 atom stereocenters. The summed E-state index contributed by atoms with van der Waals surface area (Å²) in [5, 5.41) is 10.6. The summed E-state index contributed by atoms with van der Waals surface area (Å²) in [4.78, 5) is 14.8. The Balaban J connectivity index is 2.08. The smallest absolute Gasteiger partial charge is 0.365 e. The Morgan fingerprint density at radius 3 is 2.62 bits per heavy atom. The van der Waals surface area contributed by atoms with Gasteiger partial charge < -0.3 is 9.84 Å². The summed E-state index contributed by atoms with van der Waals surface area (Å²) in [6.45, 7) is 8.80. The van der Waals surface area contributed by atoms with Crippen LogP contribution in [0.5, 0.6) is 5.75 Å². The third-order valence-corrected chi connectivity index (χ3v) is 4.03. The zero-order chi connectivity index (χ0) is 15.6. The number of hydrogen-bond acceptors (Lipinski definition) is 4. The first kappa shape index (κ1) is 15.5. The van der Waals surface area contributed by atoms with Gasteiger partial charge in [0.1, 0.15) is 12.4 Å². The van der Waals surface area contributed by atoms with Gasteiger partial charge in [0.15, 0.2) is 0 Å². The van der Waals surface area contributed by atoms with Crippen LogP contribution in [0, 0.1) is 6.92 Å². The minimum Gasteiger partial charge on any atom is -0.487 e. The summed E-state index contributed by atoms with van der Waals surface area (Å²) in [5.74, 6) is -0.204. The van der Waals surface area contributed by atoms with Gasteiger partial charge in [0.25, 0.3) is 0 Å². The van der Waals surface area contributed by atoms with E-state index in [1.807, 2.05) is 13.0 Å². The summed E-state index contributed by atoms with van der Waals surface area (Å²) in [7, 11) is 0. The van der Waals surface area contributed by atoms with Crippen molar-refractivity contribution in [2.75, 3.05) is 0 Å². The molecule has 0 aliphatic rings. The number of nitrogens with zero attached hydrogens (tertiary/aromatic N) is 1. The Hall–Kier alpha value is -1.88. The van der Waals surface area contributed by atoms with E-state index in [4.69, 9.17) is 9.84 Å². The third kappa shape index (κ3) is 3.82. The number of carboxylic acids is 1. The van der Waals surface area contributed by atoms with Crippen molar-refractivity contribution in [2.24, 2.45) is 0 Å². The molecule has 112 valence electrons. The highest BCUT2D eigenvalue weighted by Gasteiger charge is 2.15. The second-order valence-corrected chi connectivity index (χ2v) is 6.83. The molecule has 0 fully saturated rings. The maximum Gasteiger partial charge on any atom is 0.365 e. The van der Waals surface area contributed by atoms with E-state index in [0.29, 0.717) is 5.69 Å². The maximum absolute atomic E-state index is 10.8. The van der Waals surface area contributed by atoms with E-state index in [0.717, 1.165) is 22.6 Å². The van der Waals surface area contributed by atoms with Gasteiger partial charge in [0, 0.05) is 5.38 Å². The molecule has 2 rings (SSSR count). The minimum absolute atomic E-state index is 0.0911. The minimum atomic E-state index is -1.00. The van der Waals surface area contributed by atoms with E-state index < -0.39 is 5.97 Å². The number of aromatic nitrogens is 1. The Morgan fingerprint density at radius 1 is 1.38 bits per heavy atom. The molecular weight excluding hydrogens is 286 g/mol. The molecular formula is C16H19NO3S. The number of aromatic carboxylic acids is 1. The van der Waals surface area contributed by atoms with Crippen molar-refractivity contribution in [3.8, 4) is 5.75 Å². The highest BCUT2D eigenvalue weighted by atomic mass is 32.1. The van der Waals surface area contributed by atoms with Crippen LogP contribution < -0.4 is 4.74 Å². The van der Waals surface area contributed by atoms with Crippen molar-refractivity contribution in [1.82, 2.24) is 4.98 Å². The fourth-order valence-electron chi connectivity index (χ4n) is 1.90. The fraction of sp³-hybridized carbons (Fsp3) is 0.375. The van der Waals surface area contributed by atoms with Crippen molar-refractivity contribution < 1.29 is 14.6 Å². The SMILES string of the molecule is Cc1cc(C(C)(C)C)ccc1OCc1csc(C(=O)O)n1. The summed E-state index contributed by atoms with van der Waals surface area (Å²) >= 11 is 1.11. The highest BCUT2D eigenvalue weighted by Crippen LogP contribution is 2.28. The molecule has 0 amide bonds. The third-order valence-electron chi connectivity index (χ3n) is 3.15. The first-order chi connectivity index (χ1) is 9.77. The molecule has 1 aromatic heterocycles. The summed E-state index contributed by atoms with van der Waals surface area (Å²) in [6.07, 6.45) is 0. The predicted molar refractivity (Wildman–Crippen MR) is 83.3 cm³/mol. The second-order valence-electron chi connectivity index (χ2n) is 5.97. The van der Waals surface area contributed by atoms with Gasteiger partial charge >= 0.3 is 5.97 Å². The zero-order valence-corrected chi connectivity index (χ0v) is 13.5. The van der Waals surface area contributed by atoms with Gasteiger partial charge in [0.05, 0.1) is 5.69 Å². The number of aryl methyl sites for hydroxylation is 1. The topological polar surface area (TPSA) is 59.4 Å². The molecule has 0 saturated heterocycles. The largest absolute Gasteiger partial charge is 0.487 e. The van der Waals surface area contributed by atoms with Crippen LogP contribution in [0.4, 0.5) is 0 Å². The molecule has 4 nitrogen and oxygen atoms in total. The van der Waals surface area contributed by atoms with Crippen molar-refractivity contribution in [2.45, 2.75) is 39.7 Å². The lowest BCUT2D eigenvalue weighted by Crippen LogP contribution is -2.11. The lowest BCUT2D eigenvalue weighted by molar-refractivity contribution is 0.0696. The van der Waals surface area contributed by atoms with E-state index in [9.17, 15) is 4.79 Å². The summed E-state index contributed by atoms with van der Waals surface area (Å²) in [5.41, 5.74) is 3.07. The molecule has 0 spiro atoms. The van der Waals surface area contributed by atoms with Gasteiger partial charge in [-0.1, -0.05) is 32.9 Å². The number of hydrogen-bond donors (Lipinski definition) is 1. The number of carbonyl (C=O) groups is 1. The van der Waals surface area contributed by atoms with Gasteiger partial charge in [0.2, 0.25) is 5.01 Å². The number of ether oxygens (including phenoxy) is 1. The first-order valence-corrected chi connectivity index (χ1v) is 7.57. The van der Waals surface area contributed by atoms with E-state index in [1.165, 1.54) is 5.56 Å².